The Balaban J connectivity index is 1.29. The Morgan fingerprint density at radius 2 is 0.420 bits per heavy atom. The summed E-state index contributed by atoms with van der Waals surface area (Å²) in [6.45, 7) is 0. The molecule has 0 aliphatic heterocycles. The predicted molar refractivity (Wildman–Crippen MR) is 208 cm³/mol. The molecule has 0 saturated heterocycles. The molecule has 6 aromatic carbocycles. The summed E-state index contributed by atoms with van der Waals surface area (Å²) in [5.74, 6) is 0. The van der Waals surface area contributed by atoms with Crippen molar-refractivity contribution in [2.24, 2.45) is 0 Å². The summed E-state index contributed by atoms with van der Waals surface area (Å²) in [7, 11) is -3.27. The summed E-state index contributed by atoms with van der Waals surface area (Å²) >= 11 is 0. The second-order valence-corrected chi connectivity index (χ2v) is 14.5. The van der Waals surface area contributed by atoms with Gasteiger partial charge in [0.05, 0.1) is 0 Å². The van der Waals surface area contributed by atoms with Crippen molar-refractivity contribution >= 4 is 78.4 Å². The number of hydrogen-bond acceptors (Lipinski definition) is 4. The molecule has 0 saturated carbocycles. The maximum Gasteiger partial charge on any atom is 0.171 e. The van der Waals surface area contributed by atoms with Crippen molar-refractivity contribution in [1.29, 1.82) is 0 Å². The van der Waals surface area contributed by atoms with Crippen LogP contribution in [-0.4, -0.2) is 18.9 Å². The number of hydrogen-bond donors (Lipinski definition) is 0. The Bertz CT molecular complexity index is 1970. The van der Waals surface area contributed by atoms with E-state index in [2.05, 4.69) is 0 Å². The first-order valence-corrected chi connectivity index (χ1v) is 17.8. The standard InChI is InChI=1S/C45H33O4P/c46-31-40-13-7-34(8-14-40)1-4-37-19-25-43(26-20-37)50(49,44-27-21-38(22-28-44)5-2-35-9-15-41(32-47)16-10-35)45-29-23-39(24-30-45)6-3-36-11-17-42(33-48)18-12-36/h1-33H. The molecule has 0 amide bonds. The fraction of sp³-hybridized carbons (Fsp3) is 0. The normalized spacial score (nSPS) is 12.6. The lowest BCUT2D eigenvalue weighted by atomic mass is 10.1. The molecule has 50 heavy (non-hydrogen) atoms. The molecule has 4 nitrogen and oxygen atoms in total. The van der Waals surface area contributed by atoms with Crippen molar-refractivity contribution in [2.45, 2.75) is 0 Å². The third kappa shape index (κ3) is 8.07. The van der Waals surface area contributed by atoms with Crippen LogP contribution in [-0.2, 0) is 4.57 Å². The molecule has 0 aliphatic carbocycles. The topological polar surface area (TPSA) is 68.3 Å². The Morgan fingerprint density at radius 3 is 0.600 bits per heavy atom. The second kappa shape index (κ2) is 15.8. The molecule has 0 aromatic heterocycles. The highest BCUT2D eigenvalue weighted by Crippen LogP contribution is 2.42. The monoisotopic (exact) mass is 668 g/mol. The largest absolute Gasteiger partial charge is 0.309 e. The zero-order chi connectivity index (χ0) is 34.8. The fourth-order valence-electron chi connectivity index (χ4n) is 5.47. The molecular formula is C45H33O4P. The maximum atomic E-state index is 15.3. The Labute approximate surface area is 292 Å². The van der Waals surface area contributed by atoms with E-state index >= 15 is 4.57 Å². The van der Waals surface area contributed by atoms with E-state index in [4.69, 9.17) is 0 Å². The van der Waals surface area contributed by atoms with Crippen molar-refractivity contribution in [1.82, 2.24) is 0 Å². The first kappa shape index (κ1) is 33.7. The SMILES string of the molecule is O=Cc1ccc(C=Cc2ccc(P(=O)(c3ccc(C=Cc4ccc(C=O)cc4)cc3)c3ccc(C=Cc4ccc(C=O)cc4)cc3)cc2)cc1. The molecule has 0 N–H and O–H groups in total. The minimum atomic E-state index is -3.27. The van der Waals surface area contributed by atoms with Crippen LogP contribution in [0.2, 0.25) is 0 Å². The molecular weight excluding hydrogens is 635 g/mol. The molecule has 0 unspecified atom stereocenters. The van der Waals surface area contributed by atoms with E-state index < -0.39 is 7.14 Å². The summed E-state index contributed by atoms with van der Waals surface area (Å²) in [6, 6.07) is 45.5. The van der Waals surface area contributed by atoms with E-state index in [9.17, 15) is 14.4 Å². The summed E-state index contributed by atoms with van der Waals surface area (Å²) in [5.41, 5.74) is 7.70. The van der Waals surface area contributed by atoms with Gasteiger partial charge in [0, 0.05) is 32.6 Å². The summed E-state index contributed by atoms with van der Waals surface area (Å²) < 4.78 is 15.3. The van der Waals surface area contributed by atoms with Crippen LogP contribution in [0.25, 0.3) is 36.5 Å². The quantitative estimate of drug-likeness (QED) is 0.0741. The van der Waals surface area contributed by atoms with Gasteiger partial charge in [-0.05, 0) is 33.4 Å². The molecule has 6 aromatic rings. The van der Waals surface area contributed by atoms with Crippen LogP contribution in [0.1, 0.15) is 64.5 Å². The van der Waals surface area contributed by atoms with Crippen LogP contribution in [0, 0.1) is 0 Å². The van der Waals surface area contributed by atoms with Gasteiger partial charge in [-0.1, -0.05) is 182 Å². The van der Waals surface area contributed by atoms with Gasteiger partial charge in [0.1, 0.15) is 18.9 Å². The van der Waals surface area contributed by atoms with Crippen LogP contribution in [0.15, 0.2) is 146 Å². The van der Waals surface area contributed by atoms with E-state index in [0.717, 1.165) is 68.2 Å². The molecule has 0 fully saturated rings. The molecule has 0 aliphatic rings. The van der Waals surface area contributed by atoms with E-state index in [0.29, 0.717) is 16.7 Å². The van der Waals surface area contributed by atoms with E-state index in [1.165, 1.54) is 0 Å². The molecule has 0 atom stereocenters. The van der Waals surface area contributed by atoms with Gasteiger partial charge in [-0.3, -0.25) is 14.4 Å². The highest BCUT2D eigenvalue weighted by molar-refractivity contribution is 7.85. The van der Waals surface area contributed by atoms with Gasteiger partial charge in [0.2, 0.25) is 0 Å². The predicted octanol–water partition coefficient (Wildman–Crippen LogP) is 9.27. The lowest BCUT2D eigenvalue weighted by Gasteiger charge is -2.20. The number of carbonyl (C=O) groups is 3. The van der Waals surface area contributed by atoms with Crippen molar-refractivity contribution in [3.63, 3.8) is 0 Å². The number of aldehydes is 3. The minimum absolute atomic E-state index is 0.631. The van der Waals surface area contributed by atoms with E-state index in [1.807, 2.05) is 146 Å². The van der Waals surface area contributed by atoms with Crippen molar-refractivity contribution in [3.05, 3.63) is 196 Å². The van der Waals surface area contributed by atoms with Gasteiger partial charge in [-0.2, -0.15) is 0 Å². The average Bonchev–Trinajstić information content (AvgIpc) is 3.19. The fourth-order valence-corrected chi connectivity index (χ4v) is 8.07. The van der Waals surface area contributed by atoms with Crippen LogP contribution in [0.4, 0.5) is 0 Å². The second-order valence-electron chi connectivity index (χ2n) is 11.7. The maximum absolute atomic E-state index is 15.3. The highest BCUT2D eigenvalue weighted by atomic mass is 31.2. The Kier molecular flexibility index (Phi) is 10.6. The molecule has 6 rings (SSSR count). The van der Waals surface area contributed by atoms with Crippen molar-refractivity contribution in [2.75, 3.05) is 0 Å². The first-order chi connectivity index (χ1) is 24.5. The van der Waals surface area contributed by atoms with Crippen LogP contribution in [0.3, 0.4) is 0 Å². The minimum Gasteiger partial charge on any atom is -0.309 e. The molecule has 5 heteroatoms. The summed E-state index contributed by atoms with van der Waals surface area (Å²) in [4.78, 5) is 33.0. The highest BCUT2D eigenvalue weighted by Gasteiger charge is 2.29. The Hall–Kier alpha value is -6.22. The lowest BCUT2D eigenvalue weighted by Crippen LogP contribution is -2.25. The van der Waals surface area contributed by atoms with E-state index in [1.54, 1.807) is 36.4 Å². The molecule has 242 valence electrons. The van der Waals surface area contributed by atoms with Gasteiger partial charge < -0.3 is 4.57 Å². The first-order valence-electron chi connectivity index (χ1n) is 16.1. The van der Waals surface area contributed by atoms with Crippen LogP contribution < -0.4 is 15.9 Å². The van der Waals surface area contributed by atoms with Gasteiger partial charge in [0.25, 0.3) is 0 Å². The average molecular weight is 669 g/mol. The van der Waals surface area contributed by atoms with Gasteiger partial charge in [-0.15, -0.1) is 0 Å². The van der Waals surface area contributed by atoms with E-state index in [-0.39, 0.29) is 0 Å². The molecule has 0 radical (unpaired) electrons. The van der Waals surface area contributed by atoms with Gasteiger partial charge >= 0.3 is 0 Å². The molecule has 0 spiro atoms. The zero-order valence-electron chi connectivity index (χ0n) is 27.1. The smallest absolute Gasteiger partial charge is 0.171 e. The van der Waals surface area contributed by atoms with Crippen LogP contribution >= 0.6 is 7.14 Å². The number of rotatable bonds is 12. The van der Waals surface area contributed by atoms with Gasteiger partial charge in [0.15, 0.2) is 7.14 Å². The zero-order valence-corrected chi connectivity index (χ0v) is 28.0. The lowest BCUT2D eigenvalue weighted by molar-refractivity contribution is 0.111. The van der Waals surface area contributed by atoms with Crippen molar-refractivity contribution in [3.8, 4) is 0 Å². The van der Waals surface area contributed by atoms with Gasteiger partial charge in [-0.25, -0.2) is 0 Å². The molecule has 0 heterocycles. The molecule has 0 bridgehead atoms. The summed E-state index contributed by atoms with van der Waals surface area (Å²) in [6.07, 6.45) is 14.4. The van der Waals surface area contributed by atoms with Crippen molar-refractivity contribution < 1.29 is 18.9 Å². The number of carbonyl (C=O) groups excluding carboxylic acids is 3. The number of benzene rings is 6. The summed E-state index contributed by atoms with van der Waals surface area (Å²) in [5, 5.41) is 2.17. The van der Waals surface area contributed by atoms with Crippen LogP contribution in [0.5, 0.6) is 0 Å². The third-order valence-corrected chi connectivity index (χ3v) is 11.5. The Morgan fingerprint density at radius 1 is 0.260 bits per heavy atom. The third-order valence-electron chi connectivity index (χ3n) is 8.39.